The molecule has 1 aromatic carbocycles. The molecule has 0 aliphatic heterocycles. The van der Waals surface area contributed by atoms with Crippen LogP contribution in [0, 0.1) is 17.7 Å². The number of amides is 1. The number of rotatable bonds is 4. The van der Waals surface area contributed by atoms with Crippen molar-refractivity contribution in [2.45, 2.75) is 6.42 Å². The van der Waals surface area contributed by atoms with E-state index in [0.717, 1.165) is 0 Å². The van der Waals surface area contributed by atoms with E-state index in [1.54, 1.807) is 0 Å². The van der Waals surface area contributed by atoms with Crippen LogP contribution < -0.4 is 5.73 Å². The van der Waals surface area contributed by atoms with E-state index in [1.807, 2.05) is 0 Å². The Morgan fingerprint density at radius 3 is 2.76 bits per heavy atom. The van der Waals surface area contributed by atoms with Gasteiger partial charge in [0.15, 0.2) is 0 Å². The molecule has 0 aliphatic rings. The van der Waals surface area contributed by atoms with Gasteiger partial charge in [-0.25, -0.2) is 4.39 Å². The summed E-state index contributed by atoms with van der Waals surface area (Å²) in [4.78, 5) is 24.5. The Hall–Kier alpha value is -2.39. The molecule has 0 bridgehead atoms. The Labute approximate surface area is 122 Å². The maximum atomic E-state index is 13.8. The van der Waals surface area contributed by atoms with Crippen molar-refractivity contribution in [3.8, 4) is 11.8 Å². The summed E-state index contributed by atoms with van der Waals surface area (Å²) in [6, 6.07) is 4.03. The topological polar surface area (TPSA) is 72.6 Å². The van der Waals surface area contributed by atoms with Gasteiger partial charge in [0, 0.05) is 19.2 Å². The second-order valence-corrected chi connectivity index (χ2v) is 4.25. The van der Waals surface area contributed by atoms with Crippen LogP contribution >= 0.6 is 0 Å². The predicted octanol–water partition coefficient (Wildman–Crippen LogP) is 0.771. The van der Waals surface area contributed by atoms with E-state index in [9.17, 15) is 14.0 Å². The molecule has 0 spiro atoms. The monoisotopic (exact) mass is 292 g/mol. The smallest absolute Gasteiger partial charge is 0.307 e. The first kappa shape index (κ1) is 16.7. The zero-order chi connectivity index (χ0) is 15.8. The van der Waals surface area contributed by atoms with Crippen molar-refractivity contribution >= 4 is 11.9 Å². The number of carbonyl (C=O) groups is 2. The van der Waals surface area contributed by atoms with E-state index in [2.05, 4.69) is 16.6 Å². The second-order valence-electron chi connectivity index (χ2n) is 4.25. The lowest BCUT2D eigenvalue weighted by atomic mass is 10.1. The first-order valence-corrected chi connectivity index (χ1v) is 6.30. The molecule has 1 aromatic rings. The summed E-state index contributed by atoms with van der Waals surface area (Å²) in [5.74, 6) is 3.79. The van der Waals surface area contributed by atoms with Gasteiger partial charge in [-0.15, -0.1) is 0 Å². The minimum Gasteiger partial charge on any atom is -0.469 e. The van der Waals surface area contributed by atoms with Crippen molar-refractivity contribution in [2.24, 2.45) is 5.73 Å². The average Bonchev–Trinajstić information content (AvgIpc) is 2.50. The lowest BCUT2D eigenvalue weighted by molar-refractivity contribution is -0.140. The van der Waals surface area contributed by atoms with Crippen molar-refractivity contribution in [1.29, 1.82) is 0 Å². The molecule has 0 aromatic heterocycles. The standard InChI is InChI=1S/C15H17FN2O3/c1-18(9-7-14(19)21-2)15(20)12-10-11(4-3-8-17)5-6-13(12)16/h5-6,10H,7-9,17H2,1-2H3. The van der Waals surface area contributed by atoms with Crippen molar-refractivity contribution < 1.29 is 18.7 Å². The Morgan fingerprint density at radius 1 is 1.43 bits per heavy atom. The van der Waals surface area contributed by atoms with Gasteiger partial charge in [-0.2, -0.15) is 0 Å². The molecule has 0 radical (unpaired) electrons. The molecule has 0 unspecified atom stereocenters. The Morgan fingerprint density at radius 2 is 2.14 bits per heavy atom. The SMILES string of the molecule is COC(=O)CCN(C)C(=O)c1cc(C#CCN)ccc1F. The highest BCUT2D eigenvalue weighted by atomic mass is 19.1. The molecule has 0 saturated heterocycles. The van der Waals surface area contributed by atoms with Crippen LogP contribution in [-0.4, -0.2) is 44.0 Å². The summed E-state index contributed by atoms with van der Waals surface area (Å²) >= 11 is 0. The highest BCUT2D eigenvalue weighted by Gasteiger charge is 2.17. The van der Waals surface area contributed by atoms with Crippen LogP contribution in [0.1, 0.15) is 22.3 Å². The molecule has 112 valence electrons. The molecule has 2 N–H and O–H groups in total. The quantitative estimate of drug-likeness (QED) is 0.657. The first-order chi connectivity index (χ1) is 9.99. The van der Waals surface area contributed by atoms with Gasteiger partial charge in [0.25, 0.3) is 5.91 Å². The number of esters is 1. The minimum absolute atomic E-state index is 0.0486. The third-order valence-electron chi connectivity index (χ3n) is 2.76. The zero-order valence-corrected chi connectivity index (χ0v) is 12.0. The number of methoxy groups -OCH3 is 1. The van der Waals surface area contributed by atoms with Crippen molar-refractivity contribution in [2.75, 3.05) is 27.2 Å². The fourth-order valence-corrected chi connectivity index (χ4v) is 1.59. The molecule has 5 nitrogen and oxygen atoms in total. The van der Waals surface area contributed by atoms with Crippen LogP contribution in [0.2, 0.25) is 0 Å². The van der Waals surface area contributed by atoms with Crippen LogP contribution in [0.4, 0.5) is 4.39 Å². The van der Waals surface area contributed by atoms with Gasteiger partial charge >= 0.3 is 5.97 Å². The molecule has 0 fully saturated rings. The number of ether oxygens (including phenoxy) is 1. The summed E-state index contributed by atoms with van der Waals surface area (Å²) in [6.07, 6.45) is 0.0486. The van der Waals surface area contributed by atoms with E-state index < -0.39 is 17.7 Å². The summed E-state index contributed by atoms with van der Waals surface area (Å²) in [5, 5.41) is 0. The van der Waals surface area contributed by atoms with E-state index in [1.165, 1.54) is 37.3 Å². The molecule has 0 saturated carbocycles. The molecular formula is C15H17FN2O3. The van der Waals surface area contributed by atoms with E-state index in [-0.39, 0.29) is 25.1 Å². The van der Waals surface area contributed by atoms with Crippen LogP contribution in [-0.2, 0) is 9.53 Å². The zero-order valence-electron chi connectivity index (χ0n) is 12.0. The molecular weight excluding hydrogens is 275 g/mol. The predicted molar refractivity (Wildman–Crippen MR) is 75.9 cm³/mol. The number of nitrogens with two attached hydrogens (primary N) is 1. The van der Waals surface area contributed by atoms with Crippen LogP contribution in [0.15, 0.2) is 18.2 Å². The molecule has 0 aliphatic carbocycles. The van der Waals surface area contributed by atoms with Crippen molar-refractivity contribution in [3.63, 3.8) is 0 Å². The van der Waals surface area contributed by atoms with Gasteiger partial charge in [0.2, 0.25) is 0 Å². The fraction of sp³-hybridized carbons (Fsp3) is 0.333. The lowest BCUT2D eigenvalue weighted by Crippen LogP contribution is -2.30. The Bertz CT molecular complexity index is 590. The second kappa shape index (κ2) is 8.02. The van der Waals surface area contributed by atoms with Crippen molar-refractivity contribution in [3.05, 3.63) is 35.1 Å². The Kier molecular flexibility index (Phi) is 6.37. The number of benzene rings is 1. The molecule has 21 heavy (non-hydrogen) atoms. The summed E-state index contributed by atoms with van der Waals surface area (Å²) < 4.78 is 18.2. The summed E-state index contributed by atoms with van der Waals surface area (Å²) in [7, 11) is 2.76. The molecule has 0 heterocycles. The van der Waals surface area contributed by atoms with Gasteiger partial charge in [-0.05, 0) is 18.2 Å². The number of nitrogens with zero attached hydrogens (tertiary/aromatic N) is 1. The van der Waals surface area contributed by atoms with Gasteiger partial charge < -0.3 is 15.4 Å². The highest BCUT2D eigenvalue weighted by molar-refractivity contribution is 5.94. The third-order valence-corrected chi connectivity index (χ3v) is 2.76. The number of carbonyl (C=O) groups excluding carboxylic acids is 2. The molecule has 0 atom stereocenters. The number of hydrogen-bond donors (Lipinski definition) is 1. The highest BCUT2D eigenvalue weighted by Crippen LogP contribution is 2.12. The normalized spacial score (nSPS) is 9.52. The lowest BCUT2D eigenvalue weighted by Gasteiger charge is -2.17. The summed E-state index contributed by atoms with van der Waals surface area (Å²) in [5.41, 5.74) is 5.68. The van der Waals surface area contributed by atoms with Crippen molar-refractivity contribution in [1.82, 2.24) is 4.90 Å². The van der Waals surface area contributed by atoms with Crippen LogP contribution in [0.3, 0.4) is 0 Å². The van der Waals surface area contributed by atoms with Crippen LogP contribution in [0.5, 0.6) is 0 Å². The van der Waals surface area contributed by atoms with Gasteiger partial charge in [-0.3, -0.25) is 9.59 Å². The molecule has 1 rings (SSSR count). The van der Waals surface area contributed by atoms with Crippen LogP contribution in [0.25, 0.3) is 0 Å². The largest absolute Gasteiger partial charge is 0.469 e. The minimum atomic E-state index is -0.636. The van der Waals surface area contributed by atoms with E-state index in [0.29, 0.717) is 5.56 Å². The third kappa shape index (κ3) is 4.89. The maximum absolute atomic E-state index is 13.8. The van der Waals surface area contributed by atoms with Gasteiger partial charge in [0.1, 0.15) is 5.82 Å². The Balaban J connectivity index is 2.87. The molecule has 6 heteroatoms. The van der Waals surface area contributed by atoms with E-state index in [4.69, 9.17) is 5.73 Å². The summed E-state index contributed by atoms with van der Waals surface area (Å²) in [6.45, 7) is 0.323. The van der Waals surface area contributed by atoms with Gasteiger partial charge in [0.05, 0.1) is 25.6 Å². The van der Waals surface area contributed by atoms with E-state index >= 15 is 0 Å². The molecule has 1 amide bonds. The first-order valence-electron chi connectivity index (χ1n) is 6.30. The fourth-order valence-electron chi connectivity index (χ4n) is 1.59. The maximum Gasteiger partial charge on any atom is 0.307 e. The number of hydrogen-bond acceptors (Lipinski definition) is 4. The number of halogens is 1. The average molecular weight is 292 g/mol. The van der Waals surface area contributed by atoms with Gasteiger partial charge in [-0.1, -0.05) is 11.8 Å².